The van der Waals surface area contributed by atoms with E-state index in [1.54, 1.807) is 28.9 Å². The van der Waals surface area contributed by atoms with Gasteiger partial charge in [0.25, 0.3) is 0 Å². The van der Waals surface area contributed by atoms with Crippen LogP contribution < -0.4 is 14.9 Å². The van der Waals surface area contributed by atoms with Gasteiger partial charge < -0.3 is 9.47 Å². The highest BCUT2D eigenvalue weighted by Crippen LogP contribution is 2.33. The highest BCUT2D eigenvalue weighted by atomic mass is 32.1. The second kappa shape index (κ2) is 9.53. The average molecular weight is 402 g/mol. The molecule has 0 amide bonds. The summed E-state index contributed by atoms with van der Waals surface area (Å²) < 4.78 is 11.4. The molecule has 0 aliphatic carbocycles. The number of aryl methyl sites for hydroxylation is 1. The van der Waals surface area contributed by atoms with E-state index in [4.69, 9.17) is 9.47 Å². The Kier molecular flexibility index (Phi) is 6.84. The van der Waals surface area contributed by atoms with Crippen LogP contribution in [0.5, 0.6) is 11.5 Å². The van der Waals surface area contributed by atoms with E-state index in [0.717, 1.165) is 34.3 Å². The van der Waals surface area contributed by atoms with E-state index in [1.165, 1.54) is 9.75 Å². The number of aromatic nitrogens is 1. The maximum absolute atomic E-state index is 5.73. The molecule has 5 nitrogen and oxygen atoms in total. The monoisotopic (exact) mass is 401 g/mol. The number of anilines is 1. The standard InChI is InChI=1S/C20H23N3O2S2/c1-4-10-25-16-9-8-15(12-17(16)24-5-2)13-21-23-20-22-19(14(3)27-20)18-7-6-11-26-18/h6-9,11-13H,4-5,10H2,1-3H3,(H,22,23)/b21-13-. The number of hydrogen-bond donors (Lipinski definition) is 1. The van der Waals surface area contributed by atoms with Crippen molar-refractivity contribution in [2.24, 2.45) is 5.10 Å². The molecule has 1 N–H and O–H groups in total. The quantitative estimate of drug-likeness (QED) is 0.363. The topological polar surface area (TPSA) is 55.7 Å². The molecule has 0 spiro atoms. The number of hydrazone groups is 1. The van der Waals surface area contributed by atoms with Crippen LogP contribution in [0.3, 0.4) is 0 Å². The van der Waals surface area contributed by atoms with Crippen molar-refractivity contribution in [1.29, 1.82) is 0 Å². The van der Waals surface area contributed by atoms with Gasteiger partial charge in [0.2, 0.25) is 5.13 Å². The third kappa shape index (κ3) is 5.08. The predicted octanol–water partition coefficient (Wildman–Crippen LogP) is 5.81. The Labute approximate surface area is 167 Å². The first-order chi connectivity index (χ1) is 13.2. The number of thiophene rings is 1. The number of nitrogens with one attached hydrogen (secondary N) is 1. The van der Waals surface area contributed by atoms with Crippen LogP contribution >= 0.6 is 22.7 Å². The molecular formula is C20H23N3O2S2. The summed E-state index contributed by atoms with van der Waals surface area (Å²) in [6.45, 7) is 7.38. The van der Waals surface area contributed by atoms with Gasteiger partial charge in [0.05, 0.1) is 30.0 Å². The number of hydrogen-bond acceptors (Lipinski definition) is 7. The molecule has 3 rings (SSSR count). The van der Waals surface area contributed by atoms with E-state index in [2.05, 4.69) is 40.8 Å². The second-order valence-corrected chi connectivity index (χ2v) is 7.91. The summed E-state index contributed by atoms with van der Waals surface area (Å²) in [5, 5.41) is 7.16. The molecule has 2 aromatic heterocycles. The first-order valence-corrected chi connectivity index (χ1v) is 10.6. The van der Waals surface area contributed by atoms with Gasteiger partial charge in [0, 0.05) is 4.88 Å². The highest BCUT2D eigenvalue weighted by Gasteiger charge is 2.10. The summed E-state index contributed by atoms with van der Waals surface area (Å²) in [7, 11) is 0. The number of nitrogens with zero attached hydrogens (tertiary/aromatic N) is 2. The maximum atomic E-state index is 5.73. The molecular weight excluding hydrogens is 378 g/mol. The van der Waals surface area contributed by atoms with E-state index in [9.17, 15) is 0 Å². The van der Waals surface area contributed by atoms with Crippen molar-refractivity contribution in [3.63, 3.8) is 0 Å². The number of benzene rings is 1. The van der Waals surface area contributed by atoms with Gasteiger partial charge in [0.1, 0.15) is 0 Å². The molecule has 7 heteroatoms. The fraction of sp³-hybridized carbons (Fsp3) is 0.300. The van der Waals surface area contributed by atoms with Crippen LogP contribution in [-0.4, -0.2) is 24.4 Å². The van der Waals surface area contributed by atoms with Gasteiger partial charge in [-0.15, -0.1) is 22.7 Å². The molecule has 0 aliphatic heterocycles. The molecule has 0 radical (unpaired) electrons. The molecule has 2 heterocycles. The average Bonchev–Trinajstić information content (AvgIpc) is 3.31. The Morgan fingerprint density at radius 2 is 2.07 bits per heavy atom. The van der Waals surface area contributed by atoms with Crippen LogP contribution in [0.15, 0.2) is 40.8 Å². The zero-order valence-corrected chi connectivity index (χ0v) is 17.3. The predicted molar refractivity (Wildman–Crippen MR) is 115 cm³/mol. The maximum Gasteiger partial charge on any atom is 0.204 e. The molecule has 0 aliphatic rings. The van der Waals surface area contributed by atoms with E-state index in [0.29, 0.717) is 13.2 Å². The Bertz CT molecular complexity index is 889. The van der Waals surface area contributed by atoms with E-state index in [-0.39, 0.29) is 0 Å². The van der Waals surface area contributed by atoms with Gasteiger partial charge in [-0.2, -0.15) is 5.10 Å². The number of thiazole rings is 1. The van der Waals surface area contributed by atoms with Gasteiger partial charge in [0.15, 0.2) is 11.5 Å². The van der Waals surface area contributed by atoms with Crippen LogP contribution in [0.2, 0.25) is 0 Å². The Balaban J connectivity index is 1.69. The summed E-state index contributed by atoms with van der Waals surface area (Å²) in [6.07, 6.45) is 2.72. The number of ether oxygens (including phenoxy) is 2. The molecule has 1 aromatic carbocycles. The lowest BCUT2D eigenvalue weighted by Gasteiger charge is -2.11. The van der Waals surface area contributed by atoms with Crippen molar-refractivity contribution in [3.8, 4) is 22.1 Å². The largest absolute Gasteiger partial charge is 0.490 e. The SMILES string of the molecule is CCCOc1ccc(/C=N\Nc2nc(-c3cccs3)c(C)s2)cc1OCC. The summed E-state index contributed by atoms with van der Waals surface area (Å²) in [5.74, 6) is 1.50. The first-order valence-electron chi connectivity index (χ1n) is 8.91. The van der Waals surface area contributed by atoms with E-state index in [1.807, 2.05) is 31.2 Å². The lowest BCUT2D eigenvalue weighted by Crippen LogP contribution is -2.00. The fourth-order valence-electron chi connectivity index (χ4n) is 2.45. The molecule has 0 unspecified atom stereocenters. The third-order valence-corrected chi connectivity index (χ3v) is 5.41. The zero-order valence-electron chi connectivity index (χ0n) is 15.7. The lowest BCUT2D eigenvalue weighted by molar-refractivity contribution is 0.277. The Hall–Kier alpha value is -2.38. The molecule has 0 atom stereocenters. The fourth-order valence-corrected chi connectivity index (χ4v) is 4.07. The van der Waals surface area contributed by atoms with Crippen molar-refractivity contribution in [2.45, 2.75) is 27.2 Å². The van der Waals surface area contributed by atoms with Gasteiger partial charge in [-0.3, -0.25) is 5.43 Å². The van der Waals surface area contributed by atoms with Crippen molar-refractivity contribution in [2.75, 3.05) is 18.6 Å². The summed E-state index contributed by atoms with van der Waals surface area (Å²) in [5.41, 5.74) is 4.98. The van der Waals surface area contributed by atoms with Gasteiger partial charge >= 0.3 is 0 Å². The Morgan fingerprint density at radius 1 is 1.19 bits per heavy atom. The summed E-state index contributed by atoms with van der Waals surface area (Å²) in [6, 6.07) is 9.93. The molecule has 142 valence electrons. The second-order valence-electron chi connectivity index (χ2n) is 5.76. The third-order valence-electron chi connectivity index (χ3n) is 3.65. The smallest absolute Gasteiger partial charge is 0.204 e. The molecule has 0 saturated carbocycles. The minimum absolute atomic E-state index is 0.589. The minimum Gasteiger partial charge on any atom is -0.490 e. The highest BCUT2D eigenvalue weighted by molar-refractivity contribution is 7.17. The molecule has 0 saturated heterocycles. The Morgan fingerprint density at radius 3 is 2.81 bits per heavy atom. The van der Waals surface area contributed by atoms with Crippen molar-refractivity contribution >= 4 is 34.0 Å². The molecule has 0 fully saturated rings. The van der Waals surface area contributed by atoms with Crippen LogP contribution in [0.4, 0.5) is 5.13 Å². The summed E-state index contributed by atoms with van der Waals surface area (Å²) in [4.78, 5) is 6.98. The van der Waals surface area contributed by atoms with E-state index >= 15 is 0 Å². The first kappa shape index (κ1) is 19.4. The molecule has 0 bridgehead atoms. The normalized spacial score (nSPS) is 11.1. The van der Waals surface area contributed by atoms with Crippen molar-refractivity contribution in [3.05, 3.63) is 46.2 Å². The van der Waals surface area contributed by atoms with Crippen LogP contribution in [0.25, 0.3) is 10.6 Å². The minimum atomic E-state index is 0.589. The van der Waals surface area contributed by atoms with Crippen LogP contribution in [-0.2, 0) is 0 Å². The van der Waals surface area contributed by atoms with Gasteiger partial charge in [-0.25, -0.2) is 4.98 Å². The van der Waals surface area contributed by atoms with E-state index < -0.39 is 0 Å². The number of rotatable bonds is 9. The van der Waals surface area contributed by atoms with Crippen LogP contribution in [0.1, 0.15) is 30.7 Å². The molecule has 3 aromatic rings. The van der Waals surface area contributed by atoms with Crippen LogP contribution in [0, 0.1) is 6.92 Å². The van der Waals surface area contributed by atoms with Crippen molar-refractivity contribution in [1.82, 2.24) is 4.98 Å². The lowest BCUT2D eigenvalue weighted by atomic mass is 10.2. The van der Waals surface area contributed by atoms with Crippen molar-refractivity contribution < 1.29 is 9.47 Å². The molecule has 27 heavy (non-hydrogen) atoms. The van der Waals surface area contributed by atoms with Gasteiger partial charge in [-0.1, -0.05) is 13.0 Å². The van der Waals surface area contributed by atoms with Gasteiger partial charge in [-0.05, 0) is 55.5 Å². The zero-order chi connectivity index (χ0) is 19.1. The summed E-state index contributed by atoms with van der Waals surface area (Å²) >= 11 is 3.29.